The van der Waals surface area contributed by atoms with Crippen molar-refractivity contribution >= 4 is 11.8 Å². The van der Waals surface area contributed by atoms with Crippen LogP contribution in [-0.4, -0.2) is 56.2 Å². The Kier molecular flexibility index (Phi) is 6.41. The number of aliphatic hydroxyl groups is 1. The summed E-state index contributed by atoms with van der Waals surface area (Å²) in [5.74, 6) is 0.557. The summed E-state index contributed by atoms with van der Waals surface area (Å²) in [4.78, 5) is 15.3. The Balaban J connectivity index is 2.97. The maximum atomic E-state index is 12.2. The molecule has 0 aliphatic heterocycles. The van der Waals surface area contributed by atoms with Crippen LogP contribution in [0.2, 0.25) is 0 Å². The van der Waals surface area contributed by atoms with Gasteiger partial charge in [0.05, 0.1) is 12.8 Å². The van der Waals surface area contributed by atoms with Crippen LogP contribution in [0.4, 0.5) is 10.5 Å². The van der Waals surface area contributed by atoms with Crippen LogP contribution in [-0.2, 0) is 11.2 Å². The summed E-state index contributed by atoms with van der Waals surface area (Å²) in [6.45, 7) is 5.46. The maximum absolute atomic E-state index is 12.2. The molecule has 130 valence electrons. The van der Waals surface area contributed by atoms with Crippen LogP contribution < -0.4 is 9.64 Å². The van der Waals surface area contributed by atoms with Crippen molar-refractivity contribution in [3.8, 4) is 5.75 Å². The Morgan fingerprint density at radius 1 is 1.26 bits per heavy atom. The Labute approximate surface area is 138 Å². The van der Waals surface area contributed by atoms with Crippen molar-refractivity contribution in [3.05, 3.63) is 23.8 Å². The molecule has 0 radical (unpaired) electrons. The number of methoxy groups -OCH3 is 1. The monoisotopic (exact) mass is 324 g/mol. The Morgan fingerprint density at radius 2 is 1.87 bits per heavy atom. The van der Waals surface area contributed by atoms with Crippen LogP contribution in [0.15, 0.2) is 18.2 Å². The van der Waals surface area contributed by atoms with Crippen molar-refractivity contribution in [2.45, 2.75) is 39.0 Å². The molecule has 0 heterocycles. The van der Waals surface area contributed by atoms with Crippen molar-refractivity contribution < 1.29 is 19.4 Å². The van der Waals surface area contributed by atoms with E-state index in [4.69, 9.17) is 9.47 Å². The predicted octanol–water partition coefficient (Wildman–Crippen LogP) is 2.49. The van der Waals surface area contributed by atoms with Crippen LogP contribution in [0.25, 0.3) is 0 Å². The lowest BCUT2D eigenvalue weighted by Crippen LogP contribution is -2.34. The van der Waals surface area contributed by atoms with Crippen molar-refractivity contribution in [3.63, 3.8) is 0 Å². The Morgan fingerprint density at radius 3 is 2.35 bits per heavy atom. The van der Waals surface area contributed by atoms with E-state index in [9.17, 15) is 9.90 Å². The molecule has 1 amide bonds. The highest BCUT2D eigenvalue weighted by Crippen LogP contribution is 2.30. The second-order valence-electron chi connectivity index (χ2n) is 6.69. The fraction of sp³-hybridized carbons (Fsp3) is 0.588. The number of nitrogens with zero attached hydrogens (tertiary/aromatic N) is 2. The molecule has 0 bridgehead atoms. The standard InChI is InChI=1S/C17H28N2O4/c1-17(2,3)23-16(21)19(6)13-9-8-12(10-14(13)22-7)11-15(20)18(4)5/h8-10,15,20H,11H2,1-7H3. The van der Waals surface area contributed by atoms with Gasteiger partial charge in [-0.15, -0.1) is 0 Å². The smallest absolute Gasteiger partial charge is 0.414 e. The minimum absolute atomic E-state index is 0.447. The molecule has 0 saturated carbocycles. The van der Waals surface area contributed by atoms with Gasteiger partial charge in [0.25, 0.3) is 0 Å². The third kappa shape index (κ3) is 5.73. The van der Waals surface area contributed by atoms with Crippen molar-refractivity contribution in [1.82, 2.24) is 4.90 Å². The number of carbonyl (C=O) groups is 1. The number of ether oxygens (including phenoxy) is 2. The van der Waals surface area contributed by atoms with Crippen LogP contribution in [0, 0.1) is 0 Å². The highest BCUT2D eigenvalue weighted by atomic mass is 16.6. The van der Waals surface area contributed by atoms with E-state index in [1.807, 2.05) is 47.0 Å². The molecule has 0 spiro atoms. The van der Waals surface area contributed by atoms with E-state index in [2.05, 4.69) is 0 Å². The van der Waals surface area contributed by atoms with Crippen LogP contribution in [0.5, 0.6) is 5.75 Å². The SMILES string of the molecule is COc1cc(CC(O)N(C)C)ccc1N(C)C(=O)OC(C)(C)C. The number of benzene rings is 1. The molecule has 0 aliphatic carbocycles. The van der Waals surface area contributed by atoms with E-state index in [1.165, 1.54) is 4.90 Å². The molecular weight excluding hydrogens is 296 g/mol. The molecule has 1 unspecified atom stereocenters. The first-order chi connectivity index (χ1) is 10.5. The zero-order chi connectivity index (χ0) is 17.8. The molecule has 0 fully saturated rings. The van der Waals surface area contributed by atoms with E-state index >= 15 is 0 Å². The van der Waals surface area contributed by atoms with Gasteiger partial charge in [0, 0.05) is 13.5 Å². The lowest BCUT2D eigenvalue weighted by atomic mass is 10.1. The number of aliphatic hydroxyl groups excluding tert-OH is 1. The molecule has 1 aromatic carbocycles. The maximum Gasteiger partial charge on any atom is 0.414 e. The number of hydrogen-bond acceptors (Lipinski definition) is 5. The highest BCUT2D eigenvalue weighted by molar-refractivity contribution is 5.89. The molecule has 1 N–H and O–H groups in total. The van der Waals surface area contributed by atoms with Gasteiger partial charge in [-0.05, 0) is 52.6 Å². The van der Waals surface area contributed by atoms with E-state index in [0.717, 1.165) is 5.56 Å². The molecular formula is C17H28N2O4. The minimum atomic E-state index is -0.575. The lowest BCUT2D eigenvalue weighted by molar-refractivity contribution is 0.0412. The zero-order valence-corrected chi connectivity index (χ0v) is 15.1. The van der Waals surface area contributed by atoms with Crippen molar-refractivity contribution in [2.75, 3.05) is 33.2 Å². The molecule has 23 heavy (non-hydrogen) atoms. The largest absolute Gasteiger partial charge is 0.495 e. The normalized spacial score (nSPS) is 12.9. The highest BCUT2D eigenvalue weighted by Gasteiger charge is 2.23. The van der Waals surface area contributed by atoms with Gasteiger partial charge in [0.1, 0.15) is 17.6 Å². The van der Waals surface area contributed by atoms with Gasteiger partial charge in [0.2, 0.25) is 0 Å². The molecule has 0 aliphatic rings. The van der Waals surface area contributed by atoms with E-state index < -0.39 is 17.9 Å². The van der Waals surface area contributed by atoms with Gasteiger partial charge in [-0.3, -0.25) is 9.80 Å². The van der Waals surface area contributed by atoms with Gasteiger partial charge in [-0.1, -0.05) is 6.07 Å². The van der Waals surface area contributed by atoms with Gasteiger partial charge in [-0.2, -0.15) is 0 Å². The van der Waals surface area contributed by atoms with Gasteiger partial charge in [0.15, 0.2) is 0 Å². The molecule has 1 atom stereocenters. The third-order valence-electron chi connectivity index (χ3n) is 3.29. The van der Waals surface area contributed by atoms with Crippen LogP contribution in [0.3, 0.4) is 0 Å². The fourth-order valence-corrected chi connectivity index (χ4v) is 1.95. The summed E-state index contributed by atoms with van der Waals surface area (Å²) in [6, 6.07) is 5.48. The van der Waals surface area contributed by atoms with Gasteiger partial charge < -0.3 is 14.6 Å². The summed E-state index contributed by atoms with van der Waals surface area (Å²) >= 11 is 0. The average Bonchev–Trinajstić information content (AvgIpc) is 2.44. The summed E-state index contributed by atoms with van der Waals surface area (Å²) in [7, 11) is 6.81. The first kappa shape index (κ1) is 19.3. The minimum Gasteiger partial charge on any atom is -0.495 e. The summed E-state index contributed by atoms with van der Waals surface area (Å²) in [5, 5.41) is 9.94. The summed E-state index contributed by atoms with van der Waals surface area (Å²) in [5.41, 5.74) is 0.975. The molecule has 1 rings (SSSR count). The van der Waals surface area contributed by atoms with E-state index in [1.54, 1.807) is 25.1 Å². The van der Waals surface area contributed by atoms with Gasteiger partial charge in [-0.25, -0.2) is 4.79 Å². The number of likely N-dealkylation sites (N-methyl/N-ethyl adjacent to an activating group) is 1. The second-order valence-corrected chi connectivity index (χ2v) is 6.69. The predicted molar refractivity (Wildman–Crippen MR) is 91.0 cm³/mol. The first-order valence-corrected chi connectivity index (χ1v) is 7.53. The fourth-order valence-electron chi connectivity index (χ4n) is 1.95. The molecule has 1 aromatic rings. The zero-order valence-electron chi connectivity index (χ0n) is 15.1. The average molecular weight is 324 g/mol. The molecule has 0 saturated heterocycles. The number of carbonyl (C=O) groups excluding carboxylic acids is 1. The van der Waals surface area contributed by atoms with E-state index in [0.29, 0.717) is 17.9 Å². The summed E-state index contributed by atoms with van der Waals surface area (Å²) < 4.78 is 10.7. The van der Waals surface area contributed by atoms with Crippen LogP contribution in [0.1, 0.15) is 26.3 Å². The number of anilines is 1. The second kappa shape index (κ2) is 7.66. The Hall–Kier alpha value is -1.79. The molecule has 6 heteroatoms. The number of rotatable bonds is 5. The van der Waals surface area contributed by atoms with Crippen molar-refractivity contribution in [2.24, 2.45) is 0 Å². The molecule has 0 aromatic heterocycles. The van der Waals surface area contributed by atoms with Gasteiger partial charge >= 0.3 is 6.09 Å². The Bertz CT molecular complexity index is 538. The van der Waals surface area contributed by atoms with E-state index in [-0.39, 0.29) is 0 Å². The number of amides is 1. The number of hydrogen-bond donors (Lipinski definition) is 1. The lowest BCUT2D eigenvalue weighted by Gasteiger charge is -2.26. The quantitative estimate of drug-likeness (QED) is 0.843. The topological polar surface area (TPSA) is 62.2 Å². The summed E-state index contributed by atoms with van der Waals surface area (Å²) in [6.07, 6.45) is -0.550. The van der Waals surface area contributed by atoms with Crippen molar-refractivity contribution in [1.29, 1.82) is 0 Å². The first-order valence-electron chi connectivity index (χ1n) is 7.53. The van der Waals surface area contributed by atoms with Crippen LogP contribution >= 0.6 is 0 Å². The third-order valence-corrected chi connectivity index (χ3v) is 3.29. The molecule has 6 nitrogen and oxygen atoms in total.